The number of aryl methyl sites for hydroxylation is 1. The number of halogens is 1. The van der Waals surface area contributed by atoms with E-state index in [-0.39, 0.29) is 28.2 Å². The summed E-state index contributed by atoms with van der Waals surface area (Å²) in [6.07, 6.45) is 2.30. The number of nitrogens with zero attached hydrogens (tertiary/aromatic N) is 1. The molecule has 0 aromatic heterocycles. The van der Waals surface area contributed by atoms with Crippen LogP contribution < -0.4 is 15.4 Å². The number of hydrogen-bond donors (Lipinski definition) is 2. The van der Waals surface area contributed by atoms with Gasteiger partial charge in [-0.2, -0.15) is 11.8 Å². The Labute approximate surface area is 196 Å². The van der Waals surface area contributed by atoms with Crippen LogP contribution in [0, 0.1) is 17.0 Å². The van der Waals surface area contributed by atoms with Crippen LogP contribution in [0.5, 0.6) is 5.75 Å². The first kappa shape index (κ1) is 25.5. The molecule has 2 unspecified atom stereocenters. The molecule has 32 heavy (non-hydrogen) atoms. The smallest absolute Gasteiger partial charge is 0.288 e. The number of thioether (sulfide) groups is 1. The summed E-state index contributed by atoms with van der Waals surface area (Å²) >= 11 is 7.37. The summed E-state index contributed by atoms with van der Waals surface area (Å²) in [6, 6.07) is 8.29. The Balaban J connectivity index is 2.19. The van der Waals surface area contributed by atoms with Crippen molar-refractivity contribution in [2.45, 2.75) is 32.4 Å². The summed E-state index contributed by atoms with van der Waals surface area (Å²) in [5, 5.41) is 16.7. The normalized spacial score (nSPS) is 12.5. The maximum absolute atomic E-state index is 13.0. The first-order valence-electron chi connectivity index (χ1n) is 9.86. The van der Waals surface area contributed by atoms with E-state index >= 15 is 0 Å². The molecular formula is C22H26ClN3O5S. The predicted octanol–water partition coefficient (Wildman–Crippen LogP) is 4.29. The largest absolute Gasteiger partial charge is 0.496 e. The summed E-state index contributed by atoms with van der Waals surface area (Å²) in [4.78, 5) is 36.2. The predicted molar refractivity (Wildman–Crippen MR) is 127 cm³/mol. The lowest BCUT2D eigenvalue weighted by atomic mass is 10.0. The topological polar surface area (TPSA) is 111 Å². The molecule has 0 saturated heterocycles. The fourth-order valence-electron chi connectivity index (χ4n) is 3.12. The molecule has 172 valence electrons. The van der Waals surface area contributed by atoms with Crippen LogP contribution in [0.3, 0.4) is 0 Å². The summed E-state index contributed by atoms with van der Waals surface area (Å²) < 4.78 is 5.40. The number of nitro benzene ring substituents is 1. The van der Waals surface area contributed by atoms with Crippen molar-refractivity contribution in [3.05, 3.63) is 68.2 Å². The Morgan fingerprint density at radius 3 is 2.56 bits per heavy atom. The summed E-state index contributed by atoms with van der Waals surface area (Å²) in [7, 11) is 1.56. The molecule has 2 aromatic carbocycles. The third-order valence-electron chi connectivity index (χ3n) is 4.85. The number of methoxy groups -OCH3 is 1. The van der Waals surface area contributed by atoms with Gasteiger partial charge in [0.1, 0.15) is 16.8 Å². The average Bonchev–Trinajstić information content (AvgIpc) is 2.76. The van der Waals surface area contributed by atoms with Gasteiger partial charge in [0.15, 0.2) is 0 Å². The van der Waals surface area contributed by atoms with Crippen LogP contribution in [0.15, 0.2) is 36.4 Å². The molecule has 2 N–H and O–H groups in total. The van der Waals surface area contributed by atoms with Crippen molar-refractivity contribution in [1.29, 1.82) is 0 Å². The number of hydrogen-bond acceptors (Lipinski definition) is 6. The summed E-state index contributed by atoms with van der Waals surface area (Å²) in [5.41, 5.74) is 1.53. The second-order valence-electron chi connectivity index (χ2n) is 7.21. The second kappa shape index (κ2) is 11.7. The number of ether oxygens (including phenoxy) is 1. The Bertz CT molecular complexity index is 1000. The number of carbonyl (C=O) groups excluding carboxylic acids is 2. The number of rotatable bonds is 10. The average molecular weight is 480 g/mol. The van der Waals surface area contributed by atoms with Crippen LogP contribution >= 0.6 is 23.4 Å². The van der Waals surface area contributed by atoms with Crippen LogP contribution in [0.4, 0.5) is 5.69 Å². The minimum atomic E-state index is -0.817. The minimum absolute atomic E-state index is 0.0523. The SMILES string of the molecule is COc1ccc(C)cc1C(C)NC(=O)C(CCSC)NC(=O)c1ccc(Cl)c([N+](=O)[O-])c1. The summed E-state index contributed by atoms with van der Waals surface area (Å²) in [6.45, 7) is 3.79. The highest BCUT2D eigenvalue weighted by molar-refractivity contribution is 7.98. The molecule has 0 aliphatic carbocycles. The van der Waals surface area contributed by atoms with Crippen LogP contribution in [-0.2, 0) is 4.79 Å². The molecular weight excluding hydrogens is 454 g/mol. The molecule has 0 radical (unpaired) electrons. The van der Waals surface area contributed by atoms with Gasteiger partial charge in [-0.05, 0) is 50.5 Å². The third-order valence-corrected chi connectivity index (χ3v) is 5.81. The van der Waals surface area contributed by atoms with Crippen molar-refractivity contribution in [1.82, 2.24) is 10.6 Å². The molecule has 2 aromatic rings. The highest BCUT2D eigenvalue weighted by Gasteiger charge is 2.25. The van der Waals surface area contributed by atoms with Gasteiger partial charge in [0.05, 0.1) is 18.1 Å². The highest BCUT2D eigenvalue weighted by atomic mass is 35.5. The van der Waals surface area contributed by atoms with Gasteiger partial charge in [-0.15, -0.1) is 0 Å². The van der Waals surface area contributed by atoms with Crippen LogP contribution in [-0.4, -0.2) is 41.9 Å². The quantitative estimate of drug-likeness (QED) is 0.388. The number of nitrogens with one attached hydrogen (secondary N) is 2. The number of benzene rings is 2. The molecule has 0 aliphatic rings. The fourth-order valence-corrected chi connectivity index (χ4v) is 3.78. The Kier molecular flexibility index (Phi) is 9.34. The maximum Gasteiger partial charge on any atom is 0.288 e. The van der Waals surface area contributed by atoms with Gasteiger partial charge in [0.25, 0.3) is 11.6 Å². The lowest BCUT2D eigenvalue weighted by molar-refractivity contribution is -0.384. The van der Waals surface area contributed by atoms with Gasteiger partial charge >= 0.3 is 0 Å². The van der Waals surface area contributed by atoms with Crippen molar-refractivity contribution in [3.8, 4) is 5.75 Å². The molecule has 10 heteroatoms. The van der Waals surface area contributed by atoms with Gasteiger partial charge < -0.3 is 15.4 Å². The van der Waals surface area contributed by atoms with E-state index in [1.165, 1.54) is 12.1 Å². The molecule has 8 nitrogen and oxygen atoms in total. The standard InChI is InChI=1S/C22H26ClN3O5S/c1-13-5-8-20(31-3)16(11-13)14(2)24-22(28)18(9-10-32-4)25-21(27)15-6-7-17(23)19(12-15)26(29)30/h5-8,11-12,14,18H,9-10H2,1-4H3,(H,24,28)(H,25,27). The van der Waals surface area contributed by atoms with Crippen molar-refractivity contribution >= 4 is 40.9 Å². The van der Waals surface area contributed by atoms with Crippen molar-refractivity contribution < 1.29 is 19.2 Å². The van der Waals surface area contributed by atoms with Gasteiger partial charge in [-0.1, -0.05) is 29.3 Å². The second-order valence-corrected chi connectivity index (χ2v) is 8.60. The van der Waals surface area contributed by atoms with Gasteiger partial charge in [0, 0.05) is 17.2 Å². The lowest BCUT2D eigenvalue weighted by Gasteiger charge is -2.23. The highest BCUT2D eigenvalue weighted by Crippen LogP contribution is 2.27. The molecule has 0 fully saturated rings. The number of amides is 2. The van der Waals surface area contributed by atoms with Crippen LogP contribution in [0.1, 0.15) is 40.9 Å². The Morgan fingerprint density at radius 2 is 1.94 bits per heavy atom. The summed E-state index contributed by atoms with van der Waals surface area (Å²) in [5.74, 6) is 0.349. The van der Waals surface area contributed by atoms with Crippen molar-refractivity contribution in [2.24, 2.45) is 0 Å². The van der Waals surface area contributed by atoms with Crippen LogP contribution in [0.2, 0.25) is 5.02 Å². The van der Waals surface area contributed by atoms with E-state index in [0.717, 1.165) is 17.2 Å². The zero-order valence-electron chi connectivity index (χ0n) is 18.3. The van der Waals surface area contributed by atoms with Gasteiger partial charge in [0.2, 0.25) is 5.91 Å². The third kappa shape index (κ3) is 6.61. The molecule has 0 heterocycles. The molecule has 2 rings (SSSR count). The lowest BCUT2D eigenvalue weighted by Crippen LogP contribution is -2.47. The molecule has 2 amide bonds. The first-order chi connectivity index (χ1) is 15.2. The fraction of sp³-hybridized carbons (Fsp3) is 0.364. The molecule has 2 atom stereocenters. The Morgan fingerprint density at radius 1 is 1.22 bits per heavy atom. The molecule has 0 aliphatic heterocycles. The van der Waals surface area contributed by atoms with Crippen molar-refractivity contribution in [2.75, 3.05) is 19.1 Å². The molecule has 0 bridgehead atoms. The number of nitro groups is 1. The van der Waals surface area contributed by atoms with E-state index in [2.05, 4.69) is 10.6 Å². The first-order valence-corrected chi connectivity index (χ1v) is 11.6. The van der Waals surface area contributed by atoms with Gasteiger partial charge in [-0.3, -0.25) is 19.7 Å². The zero-order chi connectivity index (χ0) is 23.8. The van der Waals surface area contributed by atoms with E-state index in [0.29, 0.717) is 17.9 Å². The van der Waals surface area contributed by atoms with Crippen LogP contribution in [0.25, 0.3) is 0 Å². The monoisotopic (exact) mass is 479 g/mol. The molecule has 0 spiro atoms. The minimum Gasteiger partial charge on any atom is -0.496 e. The van der Waals surface area contributed by atoms with E-state index in [1.54, 1.807) is 18.9 Å². The Hall–Kier alpha value is -2.78. The maximum atomic E-state index is 13.0. The van der Waals surface area contributed by atoms with E-state index in [4.69, 9.17) is 16.3 Å². The number of carbonyl (C=O) groups is 2. The zero-order valence-corrected chi connectivity index (χ0v) is 19.9. The van der Waals surface area contributed by atoms with Gasteiger partial charge in [-0.25, -0.2) is 0 Å². The van der Waals surface area contributed by atoms with E-state index < -0.39 is 16.9 Å². The van der Waals surface area contributed by atoms with E-state index in [9.17, 15) is 19.7 Å². The van der Waals surface area contributed by atoms with E-state index in [1.807, 2.05) is 38.3 Å². The molecule has 0 saturated carbocycles. The van der Waals surface area contributed by atoms with Crippen molar-refractivity contribution in [3.63, 3.8) is 0 Å².